The molecule has 1 aliphatic heterocycles. The molecule has 0 aromatic rings. The summed E-state index contributed by atoms with van der Waals surface area (Å²) >= 11 is 0. The quantitative estimate of drug-likeness (QED) is 0.664. The third kappa shape index (κ3) is 4.21. The Kier molecular flexibility index (Phi) is 7.20. The first kappa shape index (κ1) is 18.0. The van der Waals surface area contributed by atoms with Crippen molar-refractivity contribution in [2.45, 2.75) is 90.6 Å². The molecule has 21 heavy (non-hydrogen) atoms. The molecule has 1 heterocycles. The molecule has 0 aromatic heterocycles. The fourth-order valence-corrected chi connectivity index (χ4v) is 3.00. The molecule has 0 aromatic carbocycles. The molecule has 2 amide bonds. The molecule has 2 atom stereocenters. The lowest BCUT2D eigenvalue weighted by Crippen LogP contribution is -2.69. The van der Waals surface area contributed by atoms with Gasteiger partial charge in [-0.2, -0.15) is 0 Å². The van der Waals surface area contributed by atoms with Crippen molar-refractivity contribution in [1.29, 1.82) is 0 Å². The molecular weight excluding hydrogens is 264 g/mol. The van der Waals surface area contributed by atoms with Crippen molar-refractivity contribution < 1.29 is 9.59 Å². The van der Waals surface area contributed by atoms with E-state index in [1.807, 2.05) is 25.7 Å². The summed E-state index contributed by atoms with van der Waals surface area (Å²) in [6.07, 6.45) is 8.12. The summed E-state index contributed by atoms with van der Waals surface area (Å²) in [6, 6.07) is -0.322. The van der Waals surface area contributed by atoms with Gasteiger partial charge in [0, 0.05) is 6.54 Å². The molecule has 1 fully saturated rings. The number of unbranched alkanes of at least 4 members (excludes halogenated alkanes) is 4. The van der Waals surface area contributed by atoms with Crippen molar-refractivity contribution in [3.63, 3.8) is 0 Å². The number of piperazine rings is 1. The predicted molar refractivity (Wildman–Crippen MR) is 86.0 cm³/mol. The van der Waals surface area contributed by atoms with Gasteiger partial charge < -0.3 is 10.2 Å². The number of nitrogens with one attached hydrogen (secondary N) is 1. The molecule has 2 unspecified atom stereocenters. The van der Waals surface area contributed by atoms with E-state index >= 15 is 0 Å². The third-order valence-corrected chi connectivity index (χ3v) is 4.71. The lowest BCUT2D eigenvalue weighted by Gasteiger charge is -2.46. The first-order valence-corrected chi connectivity index (χ1v) is 8.63. The average Bonchev–Trinajstić information content (AvgIpc) is 2.47. The zero-order valence-corrected chi connectivity index (χ0v) is 14.2. The van der Waals surface area contributed by atoms with Crippen molar-refractivity contribution >= 4 is 11.8 Å². The molecular formula is C17H32N2O2. The smallest absolute Gasteiger partial charge is 0.246 e. The summed E-state index contributed by atoms with van der Waals surface area (Å²) < 4.78 is 0. The maximum atomic E-state index is 12.7. The Morgan fingerprint density at radius 1 is 1.05 bits per heavy atom. The lowest BCUT2D eigenvalue weighted by atomic mass is 9.89. The number of nitrogens with zero attached hydrogens (tertiary/aromatic N) is 1. The number of carbonyl (C=O) groups is 2. The van der Waals surface area contributed by atoms with Crippen molar-refractivity contribution in [3.8, 4) is 0 Å². The van der Waals surface area contributed by atoms with E-state index in [4.69, 9.17) is 0 Å². The maximum Gasteiger partial charge on any atom is 0.246 e. The number of carbonyl (C=O) groups excluding carboxylic acids is 2. The van der Waals surface area contributed by atoms with Gasteiger partial charge in [0.15, 0.2) is 0 Å². The van der Waals surface area contributed by atoms with Crippen molar-refractivity contribution in [3.05, 3.63) is 0 Å². The second-order valence-corrected chi connectivity index (χ2v) is 6.35. The average molecular weight is 296 g/mol. The fourth-order valence-electron chi connectivity index (χ4n) is 3.00. The van der Waals surface area contributed by atoms with Gasteiger partial charge in [0.25, 0.3) is 0 Å². The Balaban J connectivity index is 2.71. The van der Waals surface area contributed by atoms with Gasteiger partial charge in [0.05, 0.1) is 0 Å². The van der Waals surface area contributed by atoms with E-state index in [0.29, 0.717) is 13.0 Å². The molecule has 1 N–H and O–H groups in total. The highest BCUT2D eigenvalue weighted by atomic mass is 16.2. The monoisotopic (exact) mass is 296 g/mol. The summed E-state index contributed by atoms with van der Waals surface area (Å²) in [7, 11) is 0. The lowest BCUT2D eigenvalue weighted by molar-refractivity contribution is -0.157. The van der Waals surface area contributed by atoms with Gasteiger partial charge >= 0.3 is 0 Å². The van der Waals surface area contributed by atoms with Crippen LogP contribution in [0, 0.1) is 0 Å². The Morgan fingerprint density at radius 3 is 2.29 bits per heavy atom. The Bertz CT molecular complexity index is 357. The van der Waals surface area contributed by atoms with Gasteiger partial charge in [-0.15, -0.1) is 0 Å². The molecule has 1 rings (SSSR count). The molecule has 122 valence electrons. The Labute approximate surface area is 129 Å². The molecule has 1 saturated heterocycles. The van der Waals surface area contributed by atoms with Crippen LogP contribution in [0.3, 0.4) is 0 Å². The number of hydrogen-bond acceptors (Lipinski definition) is 2. The van der Waals surface area contributed by atoms with Gasteiger partial charge in [-0.1, -0.05) is 52.9 Å². The van der Waals surface area contributed by atoms with Crippen molar-refractivity contribution in [2.24, 2.45) is 0 Å². The highest BCUT2D eigenvalue weighted by molar-refractivity contribution is 5.99. The van der Waals surface area contributed by atoms with Gasteiger partial charge in [0.2, 0.25) is 11.8 Å². The van der Waals surface area contributed by atoms with E-state index in [0.717, 1.165) is 25.7 Å². The van der Waals surface area contributed by atoms with Crippen LogP contribution in [0.1, 0.15) is 79.1 Å². The van der Waals surface area contributed by atoms with Crippen LogP contribution < -0.4 is 5.32 Å². The summed E-state index contributed by atoms with van der Waals surface area (Å²) in [5.74, 6) is 0.118. The van der Waals surface area contributed by atoms with E-state index in [2.05, 4.69) is 12.2 Å². The molecule has 1 aliphatic rings. The first-order chi connectivity index (χ1) is 10.0. The van der Waals surface area contributed by atoms with Crippen LogP contribution in [0.15, 0.2) is 0 Å². The van der Waals surface area contributed by atoms with Crippen LogP contribution in [0.5, 0.6) is 0 Å². The van der Waals surface area contributed by atoms with E-state index in [1.165, 1.54) is 19.3 Å². The zero-order chi connectivity index (χ0) is 15.9. The van der Waals surface area contributed by atoms with Gasteiger partial charge in [-0.25, -0.2) is 0 Å². The van der Waals surface area contributed by atoms with Crippen LogP contribution in [-0.4, -0.2) is 34.8 Å². The maximum absolute atomic E-state index is 12.7. The minimum Gasteiger partial charge on any atom is -0.342 e. The molecule has 4 heteroatoms. The second kappa shape index (κ2) is 8.40. The van der Waals surface area contributed by atoms with Gasteiger partial charge in [-0.3, -0.25) is 9.59 Å². The van der Waals surface area contributed by atoms with E-state index in [-0.39, 0.29) is 17.9 Å². The van der Waals surface area contributed by atoms with Crippen LogP contribution in [0.2, 0.25) is 0 Å². The summed E-state index contributed by atoms with van der Waals surface area (Å²) in [5.41, 5.74) is -0.675. The highest BCUT2D eigenvalue weighted by Gasteiger charge is 2.47. The zero-order valence-electron chi connectivity index (χ0n) is 14.2. The Morgan fingerprint density at radius 2 is 1.71 bits per heavy atom. The first-order valence-electron chi connectivity index (χ1n) is 8.63. The third-order valence-electron chi connectivity index (χ3n) is 4.71. The largest absolute Gasteiger partial charge is 0.342 e. The summed E-state index contributed by atoms with van der Waals surface area (Å²) in [4.78, 5) is 26.9. The number of rotatable bonds is 9. The van der Waals surface area contributed by atoms with E-state index < -0.39 is 5.54 Å². The minimum atomic E-state index is -0.675. The Hall–Kier alpha value is -1.06. The summed E-state index contributed by atoms with van der Waals surface area (Å²) in [6.45, 7) is 8.83. The van der Waals surface area contributed by atoms with Crippen LogP contribution in [0.4, 0.5) is 0 Å². The van der Waals surface area contributed by atoms with Crippen molar-refractivity contribution in [2.75, 3.05) is 6.54 Å². The molecule has 0 aliphatic carbocycles. The molecule has 0 spiro atoms. The van der Waals surface area contributed by atoms with Gasteiger partial charge in [0.1, 0.15) is 11.6 Å². The van der Waals surface area contributed by atoms with Crippen LogP contribution in [0.25, 0.3) is 0 Å². The van der Waals surface area contributed by atoms with Crippen LogP contribution >= 0.6 is 0 Å². The standard InChI is InChI=1S/C17H32N2O2/c1-5-8-9-10-11-13-19-15(20)14(12-6-2)18-16(21)17(19,4)7-3/h14H,5-13H2,1-4H3,(H,18,21). The normalized spacial score (nSPS) is 26.1. The van der Waals surface area contributed by atoms with Gasteiger partial charge in [-0.05, 0) is 26.2 Å². The number of hydrogen-bond donors (Lipinski definition) is 1. The van der Waals surface area contributed by atoms with Crippen LogP contribution in [-0.2, 0) is 9.59 Å². The fraction of sp³-hybridized carbons (Fsp3) is 0.882. The predicted octanol–water partition coefficient (Wildman–Crippen LogP) is 3.25. The SMILES string of the molecule is CCCCCCCN1C(=O)C(CCC)NC(=O)C1(C)CC. The molecule has 4 nitrogen and oxygen atoms in total. The minimum absolute atomic E-state index is 0.0107. The highest BCUT2D eigenvalue weighted by Crippen LogP contribution is 2.26. The van der Waals surface area contributed by atoms with E-state index in [1.54, 1.807) is 0 Å². The van der Waals surface area contributed by atoms with Crippen molar-refractivity contribution in [1.82, 2.24) is 10.2 Å². The topological polar surface area (TPSA) is 49.4 Å². The molecule has 0 bridgehead atoms. The molecule has 0 radical (unpaired) electrons. The number of amides is 2. The second-order valence-electron chi connectivity index (χ2n) is 6.35. The molecule has 0 saturated carbocycles. The van der Waals surface area contributed by atoms with E-state index in [9.17, 15) is 9.59 Å². The summed E-state index contributed by atoms with van der Waals surface area (Å²) in [5, 5.41) is 2.92.